The van der Waals surface area contributed by atoms with E-state index in [0.29, 0.717) is 15.7 Å². The van der Waals surface area contributed by atoms with Crippen LogP contribution in [-0.4, -0.2) is 20.5 Å². The molecule has 1 amide bonds. The lowest BCUT2D eigenvalue weighted by atomic mass is 10.2. The summed E-state index contributed by atoms with van der Waals surface area (Å²) in [6, 6.07) is 14.5. The standard InChI is InChI=1S/C19H12ClFN4O2S/c20-14-8-12(6-7-15(14)21)17(27)22-10-13-9-16(26)25-19(23-13)28-18(24-25)11-4-2-1-3-5-11/h1-9H,10H2,(H,22,27). The smallest absolute Gasteiger partial charge is 0.275 e. The lowest BCUT2D eigenvalue weighted by Crippen LogP contribution is -2.25. The topological polar surface area (TPSA) is 76.4 Å². The van der Waals surface area contributed by atoms with Crippen molar-refractivity contribution < 1.29 is 9.18 Å². The number of nitrogens with one attached hydrogen (secondary N) is 1. The van der Waals surface area contributed by atoms with Gasteiger partial charge >= 0.3 is 0 Å². The highest BCUT2D eigenvalue weighted by atomic mass is 35.5. The molecule has 1 N–H and O–H groups in total. The van der Waals surface area contributed by atoms with Crippen molar-refractivity contribution in [3.05, 3.63) is 87.0 Å². The molecule has 0 aliphatic carbocycles. The second-order valence-electron chi connectivity index (χ2n) is 5.86. The van der Waals surface area contributed by atoms with Crippen LogP contribution in [-0.2, 0) is 6.54 Å². The first-order valence-corrected chi connectivity index (χ1v) is 9.39. The van der Waals surface area contributed by atoms with Gasteiger partial charge in [0.15, 0.2) is 0 Å². The third-order valence-corrected chi connectivity index (χ3v) is 5.18. The molecule has 28 heavy (non-hydrogen) atoms. The molecular weight excluding hydrogens is 403 g/mol. The van der Waals surface area contributed by atoms with Gasteiger partial charge in [-0.25, -0.2) is 9.37 Å². The fourth-order valence-electron chi connectivity index (χ4n) is 2.55. The molecule has 9 heteroatoms. The van der Waals surface area contributed by atoms with Gasteiger partial charge in [0.2, 0.25) is 4.96 Å². The van der Waals surface area contributed by atoms with E-state index in [-0.39, 0.29) is 22.7 Å². The van der Waals surface area contributed by atoms with Crippen LogP contribution in [0.25, 0.3) is 15.5 Å². The molecule has 2 aromatic carbocycles. The summed E-state index contributed by atoms with van der Waals surface area (Å²) in [5.41, 5.74) is 1.17. The molecule has 2 aromatic heterocycles. The lowest BCUT2D eigenvalue weighted by molar-refractivity contribution is 0.0950. The van der Waals surface area contributed by atoms with Crippen LogP contribution in [0.2, 0.25) is 5.02 Å². The fraction of sp³-hybridized carbons (Fsp3) is 0.0526. The number of aromatic nitrogens is 3. The predicted molar refractivity (Wildman–Crippen MR) is 105 cm³/mol. The zero-order chi connectivity index (χ0) is 19.7. The Labute approximate surface area is 167 Å². The molecule has 0 atom stereocenters. The molecule has 4 aromatic rings. The maximum Gasteiger partial charge on any atom is 0.275 e. The fourth-order valence-corrected chi connectivity index (χ4v) is 3.66. The van der Waals surface area contributed by atoms with Crippen LogP contribution in [0.3, 0.4) is 0 Å². The first kappa shape index (κ1) is 18.3. The van der Waals surface area contributed by atoms with E-state index in [0.717, 1.165) is 11.6 Å². The van der Waals surface area contributed by atoms with Crippen LogP contribution < -0.4 is 10.9 Å². The van der Waals surface area contributed by atoms with Crippen molar-refractivity contribution in [2.75, 3.05) is 0 Å². The van der Waals surface area contributed by atoms with Crippen molar-refractivity contribution in [1.82, 2.24) is 19.9 Å². The van der Waals surface area contributed by atoms with Crippen molar-refractivity contribution >= 4 is 33.8 Å². The SMILES string of the molecule is O=C(NCc1cc(=O)n2nc(-c3ccccc3)sc2n1)c1ccc(F)c(Cl)c1. The number of nitrogens with zero attached hydrogens (tertiary/aromatic N) is 3. The largest absolute Gasteiger partial charge is 0.346 e. The van der Waals surface area contributed by atoms with Gasteiger partial charge in [0.25, 0.3) is 11.5 Å². The second-order valence-corrected chi connectivity index (χ2v) is 7.23. The van der Waals surface area contributed by atoms with E-state index >= 15 is 0 Å². The van der Waals surface area contributed by atoms with E-state index in [2.05, 4.69) is 15.4 Å². The van der Waals surface area contributed by atoms with Crippen LogP contribution in [0.4, 0.5) is 4.39 Å². The van der Waals surface area contributed by atoms with E-state index in [1.165, 1.54) is 34.1 Å². The Hall–Kier alpha value is -3.10. The van der Waals surface area contributed by atoms with Gasteiger partial charge in [0.05, 0.1) is 17.3 Å². The summed E-state index contributed by atoms with van der Waals surface area (Å²) < 4.78 is 14.4. The van der Waals surface area contributed by atoms with Crippen LogP contribution in [0, 0.1) is 5.82 Å². The maximum atomic E-state index is 13.2. The molecule has 140 valence electrons. The normalized spacial score (nSPS) is 10.9. The van der Waals surface area contributed by atoms with E-state index in [1.54, 1.807) is 0 Å². The van der Waals surface area contributed by atoms with Gasteiger partial charge in [-0.2, -0.15) is 9.61 Å². The van der Waals surface area contributed by atoms with Gasteiger partial charge in [-0.1, -0.05) is 53.3 Å². The Morgan fingerprint density at radius 3 is 2.71 bits per heavy atom. The van der Waals surface area contributed by atoms with Gasteiger partial charge in [-0.05, 0) is 18.2 Å². The molecule has 0 fully saturated rings. The molecule has 2 heterocycles. The molecule has 0 unspecified atom stereocenters. The minimum atomic E-state index is -0.599. The highest BCUT2D eigenvalue weighted by Gasteiger charge is 2.12. The number of hydrogen-bond acceptors (Lipinski definition) is 5. The van der Waals surface area contributed by atoms with E-state index in [4.69, 9.17) is 11.6 Å². The molecule has 0 spiro atoms. The van der Waals surface area contributed by atoms with Gasteiger partial charge in [0.1, 0.15) is 10.8 Å². The van der Waals surface area contributed by atoms with Crippen molar-refractivity contribution in [3.8, 4) is 10.6 Å². The monoisotopic (exact) mass is 414 g/mol. The summed E-state index contributed by atoms with van der Waals surface area (Å²) >= 11 is 6.98. The molecule has 0 radical (unpaired) electrons. The van der Waals surface area contributed by atoms with Gasteiger partial charge in [0, 0.05) is 17.2 Å². The van der Waals surface area contributed by atoms with Gasteiger partial charge in [-0.15, -0.1) is 0 Å². The third kappa shape index (κ3) is 3.64. The zero-order valence-electron chi connectivity index (χ0n) is 14.2. The Kier molecular flexibility index (Phi) is 4.89. The van der Waals surface area contributed by atoms with Crippen LogP contribution >= 0.6 is 22.9 Å². The molecule has 0 bridgehead atoms. The summed E-state index contributed by atoms with van der Waals surface area (Å²) in [6.07, 6.45) is 0. The molecule has 0 saturated carbocycles. The van der Waals surface area contributed by atoms with E-state index < -0.39 is 11.7 Å². The number of carbonyl (C=O) groups is 1. The Bertz CT molecular complexity index is 1240. The van der Waals surface area contributed by atoms with Gasteiger partial charge < -0.3 is 5.32 Å². The van der Waals surface area contributed by atoms with Crippen LogP contribution in [0.5, 0.6) is 0 Å². The number of hydrogen-bond donors (Lipinski definition) is 1. The van der Waals surface area contributed by atoms with Crippen LogP contribution in [0.15, 0.2) is 59.4 Å². The molecule has 0 aliphatic rings. The molecule has 0 saturated heterocycles. The summed E-state index contributed by atoms with van der Waals surface area (Å²) in [4.78, 5) is 29.4. The highest BCUT2D eigenvalue weighted by molar-refractivity contribution is 7.19. The number of amides is 1. The molecule has 0 aliphatic heterocycles. The summed E-state index contributed by atoms with van der Waals surface area (Å²) in [5.74, 6) is -1.05. The van der Waals surface area contributed by atoms with Crippen LogP contribution in [0.1, 0.15) is 16.1 Å². The number of carbonyl (C=O) groups excluding carboxylic acids is 1. The van der Waals surface area contributed by atoms with Crippen molar-refractivity contribution in [2.45, 2.75) is 6.54 Å². The average Bonchev–Trinajstić information content (AvgIpc) is 3.14. The quantitative estimate of drug-likeness (QED) is 0.554. The van der Waals surface area contributed by atoms with Crippen molar-refractivity contribution in [3.63, 3.8) is 0 Å². The average molecular weight is 415 g/mol. The Morgan fingerprint density at radius 2 is 1.96 bits per heavy atom. The minimum absolute atomic E-state index is 0.0398. The first-order chi connectivity index (χ1) is 13.5. The summed E-state index contributed by atoms with van der Waals surface area (Å²) in [5, 5.41) is 7.49. The molecular formula is C19H12ClFN4O2S. The van der Waals surface area contributed by atoms with Gasteiger partial charge in [-0.3, -0.25) is 9.59 Å². The second kappa shape index (κ2) is 7.49. The minimum Gasteiger partial charge on any atom is -0.346 e. The van der Waals surface area contributed by atoms with E-state index in [1.807, 2.05) is 30.3 Å². The number of benzene rings is 2. The van der Waals surface area contributed by atoms with E-state index in [9.17, 15) is 14.0 Å². The van der Waals surface area contributed by atoms with Crippen molar-refractivity contribution in [1.29, 1.82) is 0 Å². The Balaban J connectivity index is 1.56. The summed E-state index contributed by atoms with van der Waals surface area (Å²) in [6.45, 7) is 0.0398. The molecule has 4 rings (SSSR count). The Morgan fingerprint density at radius 1 is 1.18 bits per heavy atom. The predicted octanol–water partition coefficient (Wildman–Crippen LogP) is 3.54. The summed E-state index contributed by atoms with van der Waals surface area (Å²) in [7, 11) is 0. The van der Waals surface area contributed by atoms with Crippen molar-refractivity contribution in [2.24, 2.45) is 0 Å². The first-order valence-electron chi connectivity index (χ1n) is 8.20. The lowest BCUT2D eigenvalue weighted by Gasteiger charge is -2.05. The third-order valence-electron chi connectivity index (χ3n) is 3.93. The molecule has 6 nitrogen and oxygen atoms in total. The zero-order valence-corrected chi connectivity index (χ0v) is 15.8. The number of halogens is 2. The highest BCUT2D eigenvalue weighted by Crippen LogP contribution is 2.23. The maximum absolute atomic E-state index is 13.2. The number of fused-ring (bicyclic) bond motifs is 1. The number of rotatable bonds is 4.